The molecule has 0 radical (unpaired) electrons. The molecule has 0 atom stereocenters. The number of carbonyl (C=O) groups excluding carboxylic acids is 1. The molecule has 1 aromatic carbocycles. The van der Waals surface area contributed by atoms with Gasteiger partial charge < -0.3 is 9.64 Å². The molecule has 0 saturated carbocycles. The Hall–Kier alpha value is -2.16. The molecule has 1 amide bonds. The van der Waals surface area contributed by atoms with Crippen LogP contribution in [0.4, 0.5) is 8.78 Å². The van der Waals surface area contributed by atoms with E-state index < -0.39 is 11.6 Å². The minimum absolute atomic E-state index is 0.0396. The van der Waals surface area contributed by atoms with Gasteiger partial charge in [-0.05, 0) is 12.1 Å². The van der Waals surface area contributed by atoms with Crippen LogP contribution in [0.3, 0.4) is 0 Å². The zero-order valence-electron chi connectivity index (χ0n) is 10.5. The highest BCUT2D eigenvalue weighted by molar-refractivity contribution is 5.75. The Morgan fingerprint density at radius 2 is 2.21 bits per heavy atom. The average Bonchev–Trinajstić information content (AvgIpc) is 2.40. The van der Waals surface area contributed by atoms with Gasteiger partial charge in [0.25, 0.3) is 0 Å². The number of halogens is 2. The second kappa shape index (κ2) is 7.31. The van der Waals surface area contributed by atoms with Gasteiger partial charge in [0.1, 0.15) is 0 Å². The first-order valence-electron chi connectivity index (χ1n) is 5.74. The standard InChI is InChI=1S/C13H14F2N2O2/c1-17(8-3-7-16)12(18)6-9-19-11-5-2-4-10(14)13(11)15/h2,4-5H,3,6,8-9H2,1H3. The molecular weight excluding hydrogens is 254 g/mol. The smallest absolute Gasteiger partial charge is 0.225 e. The summed E-state index contributed by atoms with van der Waals surface area (Å²) in [7, 11) is 1.57. The van der Waals surface area contributed by atoms with Gasteiger partial charge in [-0.2, -0.15) is 9.65 Å². The third-order valence-electron chi connectivity index (χ3n) is 2.47. The predicted molar refractivity (Wildman–Crippen MR) is 64.3 cm³/mol. The number of amides is 1. The molecule has 0 aromatic heterocycles. The highest BCUT2D eigenvalue weighted by Crippen LogP contribution is 2.19. The maximum atomic E-state index is 13.2. The molecule has 0 fully saturated rings. The summed E-state index contributed by atoms with van der Waals surface area (Å²) in [5, 5.41) is 8.39. The first kappa shape index (κ1) is 14.9. The molecule has 4 nitrogen and oxygen atoms in total. The van der Waals surface area contributed by atoms with Crippen LogP contribution in [0.15, 0.2) is 18.2 Å². The Balaban J connectivity index is 2.40. The third-order valence-corrected chi connectivity index (χ3v) is 2.47. The van der Waals surface area contributed by atoms with Crippen molar-refractivity contribution in [3.63, 3.8) is 0 Å². The van der Waals surface area contributed by atoms with Gasteiger partial charge in [-0.3, -0.25) is 4.79 Å². The molecule has 6 heteroatoms. The van der Waals surface area contributed by atoms with Crippen molar-refractivity contribution in [2.45, 2.75) is 12.8 Å². The van der Waals surface area contributed by atoms with Crippen molar-refractivity contribution in [1.82, 2.24) is 4.90 Å². The Bertz CT molecular complexity index is 486. The largest absolute Gasteiger partial charge is 0.490 e. The van der Waals surface area contributed by atoms with E-state index in [0.29, 0.717) is 6.54 Å². The van der Waals surface area contributed by atoms with E-state index in [-0.39, 0.29) is 31.1 Å². The van der Waals surface area contributed by atoms with Crippen molar-refractivity contribution in [2.75, 3.05) is 20.2 Å². The lowest BCUT2D eigenvalue weighted by molar-refractivity contribution is -0.130. The molecule has 0 unspecified atom stereocenters. The van der Waals surface area contributed by atoms with Crippen molar-refractivity contribution < 1.29 is 18.3 Å². The summed E-state index contributed by atoms with van der Waals surface area (Å²) < 4.78 is 31.1. The molecule has 0 aliphatic heterocycles. The first-order chi connectivity index (χ1) is 9.06. The fraction of sp³-hybridized carbons (Fsp3) is 0.385. The summed E-state index contributed by atoms with van der Waals surface area (Å²) in [6.07, 6.45) is 0.291. The number of rotatable bonds is 6. The Labute approximate surface area is 110 Å². The zero-order valence-corrected chi connectivity index (χ0v) is 10.5. The highest BCUT2D eigenvalue weighted by atomic mass is 19.2. The van der Waals surface area contributed by atoms with E-state index in [1.165, 1.54) is 17.0 Å². The molecule has 0 saturated heterocycles. The monoisotopic (exact) mass is 268 g/mol. The number of nitriles is 1. The lowest BCUT2D eigenvalue weighted by atomic mass is 10.3. The van der Waals surface area contributed by atoms with E-state index in [0.717, 1.165) is 6.07 Å². The van der Waals surface area contributed by atoms with E-state index in [1.807, 2.05) is 6.07 Å². The van der Waals surface area contributed by atoms with Crippen LogP contribution in [0.5, 0.6) is 5.75 Å². The predicted octanol–water partition coefficient (Wildman–Crippen LogP) is 2.11. The molecule has 0 aliphatic carbocycles. The quantitative estimate of drug-likeness (QED) is 0.794. The van der Waals surface area contributed by atoms with E-state index >= 15 is 0 Å². The van der Waals surface area contributed by atoms with Crippen molar-refractivity contribution in [3.05, 3.63) is 29.8 Å². The van der Waals surface area contributed by atoms with Gasteiger partial charge in [0.15, 0.2) is 11.6 Å². The van der Waals surface area contributed by atoms with Crippen molar-refractivity contribution in [2.24, 2.45) is 0 Å². The van der Waals surface area contributed by atoms with Crippen LogP contribution in [0.2, 0.25) is 0 Å². The normalized spacial score (nSPS) is 9.79. The molecule has 1 rings (SSSR count). The van der Waals surface area contributed by atoms with E-state index in [9.17, 15) is 13.6 Å². The third kappa shape index (κ3) is 4.54. The molecule has 0 heterocycles. The second-order valence-corrected chi connectivity index (χ2v) is 3.87. The minimum Gasteiger partial charge on any atom is -0.490 e. The van der Waals surface area contributed by atoms with Crippen LogP contribution >= 0.6 is 0 Å². The average molecular weight is 268 g/mol. The summed E-state index contributed by atoms with van der Waals surface area (Å²) in [5.41, 5.74) is 0. The van der Waals surface area contributed by atoms with Crippen LogP contribution in [-0.2, 0) is 4.79 Å². The number of carbonyl (C=O) groups is 1. The summed E-state index contributed by atoms with van der Waals surface area (Å²) in [5.74, 6) is -2.48. The summed E-state index contributed by atoms with van der Waals surface area (Å²) >= 11 is 0. The zero-order chi connectivity index (χ0) is 14.3. The summed E-state index contributed by atoms with van der Waals surface area (Å²) in [4.78, 5) is 13.0. The highest BCUT2D eigenvalue weighted by Gasteiger charge is 2.11. The summed E-state index contributed by atoms with van der Waals surface area (Å²) in [6, 6.07) is 5.54. The number of hydrogen-bond donors (Lipinski definition) is 0. The Morgan fingerprint density at radius 1 is 1.47 bits per heavy atom. The van der Waals surface area contributed by atoms with Gasteiger partial charge in [-0.25, -0.2) is 4.39 Å². The molecule has 102 valence electrons. The van der Waals surface area contributed by atoms with Gasteiger partial charge in [0.05, 0.1) is 25.5 Å². The summed E-state index contributed by atoms with van der Waals surface area (Å²) in [6.45, 7) is 0.291. The van der Waals surface area contributed by atoms with Crippen LogP contribution < -0.4 is 4.74 Å². The number of benzene rings is 1. The maximum Gasteiger partial charge on any atom is 0.225 e. The molecular formula is C13H14F2N2O2. The number of ether oxygens (including phenoxy) is 1. The lowest BCUT2D eigenvalue weighted by Gasteiger charge is -2.15. The van der Waals surface area contributed by atoms with E-state index in [1.54, 1.807) is 7.05 Å². The Kier molecular flexibility index (Phi) is 5.73. The molecule has 0 N–H and O–H groups in total. The fourth-order valence-corrected chi connectivity index (χ4v) is 1.38. The van der Waals surface area contributed by atoms with Gasteiger partial charge >= 0.3 is 0 Å². The van der Waals surface area contributed by atoms with Crippen LogP contribution in [0.25, 0.3) is 0 Å². The fourth-order valence-electron chi connectivity index (χ4n) is 1.38. The molecule has 0 bridgehead atoms. The molecule has 1 aromatic rings. The van der Waals surface area contributed by atoms with Crippen molar-refractivity contribution >= 4 is 5.91 Å². The SMILES string of the molecule is CN(CCC#N)C(=O)CCOc1cccc(F)c1F. The van der Waals surface area contributed by atoms with Gasteiger partial charge in [-0.1, -0.05) is 6.07 Å². The molecule has 19 heavy (non-hydrogen) atoms. The van der Waals surface area contributed by atoms with Gasteiger partial charge in [-0.15, -0.1) is 0 Å². The molecule has 0 spiro atoms. The Morgan fingerprint density at radius 3 is 2.89 bits per heavy atom. The second-order valence-electron chi connectivity index (χ2n) is 3.87. The first-order valence-corrected chi connectivity index (χ1v) is 5.74. The van der Waals surface area contributed by atoms with Crippen LogP contribution in [-0.4, -0.2) is 31.0 Å². The number of nitrogens with zero attached hydrogens (tertiary/aromatic N) is 2. The lowest BCUT2D eigenvalue weighted by Crippen LogP contribution is -2.28. The van der Waals surface area contributed by atoms with E-state index in [2.05, 4.69) is 0 Å². The van der Waals surface area contributed by atoms with Gasteiger partial charge in [0.2, 0.25) is 11.7 Å². The molecule has 0 aliphatic rings. The van der Waals surface area contributed by atoms with Crippen molar-refractivity contribution in [1.29, 1.82) is 5.26 Å². The van der Waals surface area contributed by atoms with Crippen LogP contribution in [0.1, 0.15) is 12.8 Å². The van der Waals surface area contributed by atoms with E-state index in [4.69, 9.17) is 10.00 Å². The minimum atomic E-state index is -1.06. The van der Waals surface area contributed by atoms with Crippen molar-refractivity contribution in [3.8, 4) is 11.8 Å². The number of hydrogen-bond acceptors (Lipinski definition) is 3. The topological polar surface area (TPSA) is 53.3 Å². The maximum absolute atomic E-state index is 13.2. The van der Waals surface area contributed by atoms with Crippen LogP contribution in [0, 0.1) is 23.0 Å². The van der Waals surface area contributed by atoms with Gasteiger partial charge in [0, 0.05) is 13.6 Å².